The molecule has 0 bridgehead atoms. The molecule has 0 saturated carbocycles. The highest BCUT2D eigenvalue weighted by Crippen LogP contribution is 2.11. The Morgan fingerprint density at radius 3 is 1.89 bits per heavy atom. The van der Waals surface area contributed by atoms with Gasteiger partial charge in [-0.05, 0) is 31.8 Å². The van der Waals surface area contributed by atoms with Crippen molar-refractivity contribution in [3.8, 4) is 0 Å². The molecule has 0 atom stereocenters. The van der Waals surface area contributed by atoms with Gasteiger partial charge in [0.1, 0.15) is 0 Å². The van der Waals surface area contributed by atoms with Crippen LogP contribution in [0.1, 0.15) is 70.6 Å². The summed E-state index contributed by atoms with van der Waals surface area (Å²) in [4.78, 5) is 0. The van der Waals surface area contributed by atoms with Crippen molar-refractivity contribution in [2.75, 3.05) is 0 Å². The van der Waals surface area contributed by atoms with E-state index in [1.54, 1.807) is 0 Å². The lowest BCUT2D eigenvalue weighted by Crippen LogP contribution is -1.81. The number of hydrogen-bond acceptors (Lipinski definition) is 0. The lowest BCUT2D eigenvalue weighted by Gasteiger charge is -2.01. The zero-order valence-corrected chi connectivity index (χ0v) is 12.3. The molecule has 0 aliphatic heterocycles. The molecule has 105 valence electrons. The van der Waals surface area contributed by atoms with Crippen LogP contribution in [0.5, 0.6) is 0 Å². The molecule has 0 saturated heterocycles. The van der Waals surface area contributed by atoms with E-state index in [9.17, 15) is 0 Å². The fourth-order valence-electron chi connectivity index (χ4n) is 2.30. The standard InChI is InChI=1S/C19H29/c1-2-4-6-8-10-12-14-16-18-19-17-15-13-11-9-7-5-3-1/h1-7H,8,10-19H2/b2-1-,5-3-,6-4-,9-7?. The van der Waals surface area contributed by atoms with E-state index in [1.807, 2.05) is 6.08 Å². The van der Waals surface area contributed by atoms with Crippen molar-refractivity contribution >= 4 is 0 Å². The number of hydrogen-bond donors (Lipinski definition) is 0. The van der Waals surface area contributed by atoms with Crippen molar-refractivity contribution in [3.05, 3.63) is 48.6 Å². The van der Waals surface area contributed by atoms with Crippen LogP contribution >= 0.6 is 0 Å². The Kier molecular flexibility index (Phi) is 11.3. The fourth-order valence-corrected chi connectivity index (χ4v) is 2.30. The van der Waals surface area contributed by atoms with E-state index in [1.165, 1.54) is 64.2 Å². The number of rotatable bonds is 0. The van der Waals surface area contributed by atoms with Gasteiger partial charge in [0.15, 0.2) is 0 Å². The van der Waals surface area contributed by atoms with Gasteiger partial charge in [0, 0.05) is 0 Å². The Hall–Kier alpha value is -1.04. The topological polar surface area (TPSA) is 0 Å². The highest BCUT2D eigenvalue weighted by molar-refractivity contribution is 5.14. The molecule has 1 radical (unpaired) electrons. The summed E-state index contributed by atoms with van der Waals surface area (Å²) in [6.45, 7) is 0. The van der Waals surface area contributed by atoms with Gasteiger partial charge in [-0.3, -0.25) is 0 Å². The Labute approximate surface area is 120 Å². The summed E-state index contributed by atoms with van der Waals surface area (Å²) in [6, 6.07) is 0. The monoisotopic (exact) mass is 257 g/mol. The van der Waals surface area contributed by atoms with Gasteiger partial charge in [-0.2, -0.15) is 0 Å². The minimum atomic E-state index is 1.11. The van der Waals surface area contributed by atoms with Crippen LogP contribution in [0.4, 0.5) is 0 Å². The largest absolute Gasteiger partial charge is 0.0845 e. The average molecular weight is 257 g/mol. The van der Waals surface area contributed by atoms with E-state index in [-0.39, 0.29) is 0 Å². The van der Waals surface area contributed by atoms with Gasteiger partial charge >= 0.3 is 0 Å². The van der Waals surface area contributed by atoms with Crippen molar-refractivity contribution in [3.63, 3.8) is 0 Å². The van der Waals surface area contributed by atoms with Crippen molar-refractivity contribution in [1.29, 1.82) is 0 Å². The molecular formula is C19H29. The smallest absolute Gasteiger partial charge is 0.0276 e. The Morgan fingerprint density at radius 1 is 0.526 bits per heavy atom. The molecule has 0 N–H and O–H groups in total. The normalized spacial score (nSPS) is 27.4. The van der Waals surface area contributed by atoms with Gasteiger partial charge < -0.3 is 0 Å². The van der Waals surface area contributed by atoms with Crippen LogP contribution in [0.3, 0.4) is 0 Å². The van der Waals surface area contributed by atoms with Gasteiger partial charge in [0.25, 0.3) is 0 Å². The van der Waals surface area contributed by atoms with Gasteiger partial charge in [0.05, 0.1) is 0 Å². The van der Waals surface area contributed by atoms with Crippen LogP contribution in [0.15, 0.2) is 42.5 Å². The molecule has 1 aliphatic carbocycles. The highest BCUT2D eigenvalue weighted by atomic mass is 14.0. The predicted molar refractivity (Wildman–Crippen MR) is 86.0 cm³/mol. The molecule has 1 rings (SSSR count). The Bertz CT molecular complexity index is 261. The van der Waals surface area contributed by atoms with Crippen molar-refractivity contribution in [1.82, 2.24) is 0 Å². The second-order valence-corrected chi connectivity index (χ2v) is 5.29. The summed E-state index contributed by atoms with van der Waals surface area (Å²) in [5.41, 5.74) is 0. The fraction of sp³-hybridized carbons (Fsp3) is 0.579. The van der Waals surface area contributed by atoms with E-state index >= 15 is 0 Å². The summed E-state index contributed by atoms with van der Waals surface area (Å²) in [5, 5.41) is 0. The molecule has 19 heavy (non-hydrogen) atoms. The van der Waals surface area contributed by atoms with Gasteiger partial charge in [-0.1, -0.05) is 87.5 Å². The van der Waals surface area contributed by atoms with E-state index in [4.69, 9.17) is 0 Å². The quantitative estimate of drug-likeness (QED) is 0.476. The maximum Gasteiger partial charge on any atom is -0.0276 e. The molecule has 0 aromatic rings. The molecule has 0 aromatic carbocycles. The SMILES string of the molecule is [C]1=C/C=C\C=C/C=C\CCCCCCCCCCC\1. The van der Waals surface area contributed by atoms with Gasteiger partial charge in [0.2, 0.25) is 0 Å². The highest BCUT2D eigenvalue weighted by Gasteiger charge is 1.92. The van der Waals surface area contributed by atoms with Crippen LogP contribution in [0.25, 0.3) is 0 Å². The van der Waals surface area contributed by atoms with Crippen LogP contribution in [-0.4, -0.2) is 0 Å². The zero-order chi connectivity index (χ0) is 13.4. The lowest BCUT2D eigenvalue weighted by molar-refractivity contribution is 0.560. The van der Waals surface area contributed by atoms with E-state index < -0.39 is 0 Å². The first-order chi connectivity index (χ1) is 9.50. The van der Waals surface area contributed by atoms with Crippen LogP contribution in [-0.2, 0) is 0 Å². The maximum atomic E-state index is 3.34. The van der Waals surface area contributed by atoms with Gasteiger partial charge in [-0.25, -0.2) is 0 Å². The molecule has 0 amide bonds. The van der Waals surface area contributed by atoms with Crippen molar-refractivity contribution in [2.24, 2.45) is 0 Å². The first-order valence-corrected chi connectivity index (χ1v) is 8.05. The summed E-state index contributed by atoms with van der Waals surface area (Å²) in [5.74, 6) is 0. The first kappa shape index (κ1) is 16.0. The molecule has 0 aromatic heterocycles. The molecule has 1 aliphatic rings. The zero-order valence-electron chi connectivity index (χ0n) is 12.3. The maximum absolute atomic E-state index is 3.34. The summed E-state index contributed by atoms with van der Waals surface area (Å²) < 4.78 is 0. The third-order valence-electron chi connectivity index (χ3n) is 3.49. The summed E-state index contributed by atoms with van der Waals surface area (Å²) in [6.07, 6.45) is 33.0. The van der Waals surface area contributed by atoms with Crippen molar-refractivity contribution in [2.45, 2.75) is 70.6 Å². The van der Waals surface area contributed by atoms with Crippen molar-refractivity contribution < 1.29 is 0 Å². The minimum absolute atomic E-state index is 1.11. The molecule has 0 nitrogen and oxygen atoms in total. The first-order valence-electron chi connectivity index (χ1n) is 8.05. The van der Waals surface area contributed by atoms with E-state index in [2.05, 4.69) is 42.5 Å². The molecule has 0 spiro atoms. The lowest BCUT2D eigenvalue weighted by atomic mass is 10.1. The van der Waals surface area contributed by atoms with Crippen LogP contribution in [0, 0.1) is 6.08 Å². The minimum Gasteiger partial charge on any atom is -0.0845 e. The number of allylic oxidation sites excluding steroid dienone is 8. The third kappa shape index (κ3) is 11.8. The van der Waals surface area contributed by atoms with E-state index in [0.717, 1.165) is 6.42 Å². The molecule has 0 unspecified atom stereocenters. The second kappa shape index (κ2) is 13.4. The second-order valence-electron chi connectivity index (χ2n) is 5.29. The third-order valence-corrected chi connectivity index (χ3v) is 3.49. The molecule has 0 heteroatoms. The van der Waals surface area contributed by atoms with E-state index in [0.29, 0.717) is 0 Å². The molecule has 0 heterocycles. The van der Waals surface area contributed by atoms with Crippen LogP contribution < -0.4 is 0 Å². The Morgan fingerprint density at radius 2 is 1.11 bits per heavy atom. The molecule has 0 fully saturated rings. The molecular weight excluding hydrogens is 228 g/mol. The van der Waals surface area contributed by atoms with Gasteiger partial charge in [-0.15, -0.1) is 0 Å². The van der Waals surface area contributed by atoms with Crippen LogP contribution in [0.2, 0.25) is 0 Å². The Balaban J connectivity index is 2.26. The average Bonchev–Trinajstić information content (AvgIpc) is 2.43. The summed E-state index contributed by atoms with van der Waals surface area (Å²) >= 11 is 0. The summed E-state index contributed by atoms with van der Waals surface area (Å²) in [7, 11) is 0. The predicted octanol–water partition coefficient (Wildman–Crippen LogP) is 6.32.